The number of aromatic nitrogens is 1. The van der Waals surface area contributed by atoms with Crippen molar-refractivity contribution in [2.24, 2.45) is 0 Å². The number of rotatable bonds is 9. The number of thiazole rings is 1. The van der Waals surface area contributed by atoms with Crippen LogP contribution in [0.3, 0.4) is 0 Å². The van der Waals surface area contributed by atoms with Crippen LogP contribution in [0, 0.1) is 6.92 Å². The first-order valence-electron chi connectivity index (χ1n) is 11.1. The van der Waals surface area contributed by atoms with Gasteiger partial charge in [-0.05, 0) is 54.7 Å². The monoisotopic (exact) mass is 507 g/mol. The Labute approximate surface area is 206 Å². The summed E-state index contributed by atoms with van der Waals surface area (Å²) < 4.78 is 38.7. The molecule has 0 saturated heterocycles. The molecule has 0 aliphatic carbocycles. The lowest BCUT2D eigenvalue weighted by atomic mass is 10.0. The van der Waals surface area contributed by atoms with Crippen molar-refractivity contribution in [3.05, 3.63) is 69.7 Å². The molecule has 34 heavy (non-hydrogen) atoms. The Morgan fingerprint density at radius 3 is 2.35 bits per heavy atom. The average molecular weight is 508 g/mol. The van der Waals surface area contributed by atoms with Gasteiger partial charge in [0.25, 0.3) is 0 Å². The molecule has 0 unspecified atom stereocenters. The van der Waals surface area contributed by atoms with E-state index in [1.807, 2.05) is 19.1 Å². The maximum absolute atomic E-state index is 12.9. The van der Waals surface area contributed by atoms with Gasteiger partial charge in [0.05, 0.1) is 11.3 Å². The molecule has 0 bridgehead atoms. The average Bonchev–Trinajstić information content (AvgIpc) is 3.22. The minimum atomic E-state index is -4.35. The minimum Gasteiger partial charge on any atom is -0.481 e. The van der Waals surface area contributed by atoms with Crippen LogP contribution in [0.2, 0.25) is 0 Å². The molecule has 2 aromatic carbocycles. The van der Waals surface area contributed by atoms with E-state index >= 15 is 0 Å². The number of nitrogens with zero attached hydrogens (tertiary/aromatic N) is 1. The number of aryl methyl sites for hydroxylation is 2. The van der Waals surface area contributed by atoms with Gasteiger partial charge in [0.1, 0.15) is 5.01 Å². The molecule has 0 spiro atoms. The summed E-state index contributed by atoms with van der Waals surface area (Å²) >= 11 is 3.29. The molecular formula is C26H28F3NO2S2. The fraction of sp³-hybridized carbons (Fsp3) is 0.385. The van der Waals surface area contributed by atoms with Crippen LogP contribution in [0.5, 0.6) is 0 Å². The molecule has 3 aromatic rings. The van der Waals surface area contributed by atoms with Crippen molar-refractivity contribution < 1.29 is 23.1 Å². The van der Waals surface area contributed by atoms with Gasteiger partial charge in [0, 0.05) is 33.4 Å². The zero-order valence-corrected chi connectivity index (χ0v) is 21.2. The topological polar surface area (TPSA) is 50.2 Å². The number of thioether (sulfide) groups is 1. The van der Waals surface area contributed by atoms with Crippen LogP contribution < -0.4 is 0 Å². The van der Waals surface area contributed by atoms with Crippen LogP contribution in [0.1, 0.15) is 66.3 Å². The second kappa shape index (κ2) is 11.0. The number of benzene rings is 2. The zero-order valence-electron chi connectivity index (χ0n) is 19.6. The number of carbonyl (C=O) groups is 1. The normalized spacial score (nSPS) is 12.8. The van der Waals surface area contributed by atoms with E-state index in [2.05, 4.69) is 26.8 Å². The van der Waals surface area contributed by atoms with Crippen LogP contribution in [-0.2, 0) is 17.4 Å². The van der Waals surface area contributed by atoms with Gasteiger partial charge >= 0.3 is 12.1 Å². The summed E-state index contributed by atoms with van der Waals surface area (Å²) in [6.07, 6.45) is -3.71. The van der Waals surface area contributed by atoms with Crippen LogP contribution in [-0.4, -0.2) is 21.8 Å². The predicted molar refractivity (Wildman–Crippen MR) is 133 cm³/mol. The van der Waals surface area contributed by atoms with Gasteiger partial charge < -0.3 is 5.11 Å². The van der Waals surface area contributed by atoms with Gasteiger partial charge in [0.2, 0.25) is 0 Å². The number of halogens is 3. The van der Waals surface area contributed by atoms with Crippen molar-refractivity contribution in [3.8, 4) is 10.6 Å². The summed E-state index contributed by atoms with van der Waals surface area (Å²) in [4.78, 5) is 17.9. The van der Waals surface area contributed by atoms with E-state index in [0.717, 1.165) is 49.5 Å². The standard InChI is InChI=1S/C26H28F3NO2S2/c1-15(2)23-24(34-25(30-23)19-5-9-20(10-6-19)26(27,28)29)17(4)14-33-21-11-7-18(16(3)13-21)8-12-22(31)32/h5-7,9-11,13,15,17H,8,12,14H2,1-4H3,(H,31,32)/t17-/m0/s1. The van der Waals surface area contributed by atoms with E-state index in [1.165, 1.54) is 12.1 Å². The molecule has 1 heterocycles. The Morgan fingerprint density at radius 1 is 1.12 bits per heavy atom. The summed E-state index contributed by atoms with van der Waals surface area (Å²) in [7, 11) is 0. The van der Waals surface area contributed by atoms with Crippen molar-refractivity contribution in [2.45, 2.75) is 63.4 Å². The van der Waals surface area contributed by atoms with Crippen molar-refractivity contribution in [2.75, 3.05) is 5.75 Å². The molecule has 8 heteroatoms. The van der Waals surface area contributed by atoms with Crippen molar-refractivity contribution in [1.82, 2.24) is 4.98 Å². The van der Waals surface area contributed by atoms with Gasteiger partial charge in [-0.25, -0.2) is 4.98 Å². The molecule has 1 atom stereocenters. The quantitative estimate of drug-likeness (QED) is 0.297. The number of hydrogen-bond acceptors (Lipinski definition) is 4. The second-order valence-corrected chi connectivity index (χ2v) is 10.8. The van der Waals surface area contributed by atoms with Gasteiger partial charge in [-0.15, -0.1) is 23.1 Å². The number of carboxylic acid groups (broad SMARTS) is 1. The molecule has 1 aromatic heterocycles. The first kappa shape index (κ1) is 26.3. The minimum absolute atomic E-state index is 0.120. The summed E-state index contributed by atoms with van der Waals surface area (Å²) in [6, 6.07) is 11.3. The highest BCUT2D eigenvalue weighted by Crippen LogP contribution is 2.39. The fourth-order valence-electron chi connectivity index (χ4n) is 3.61. The first-order valence-corrected chi connectivity index (χ1v) is 12.9. The lowest BCUT2D eigenvalue weighted by molar-refractivity contribution is -0.138. The van der Waals surface area contributed by atoms with E-state index in [1.54, 1.807) is 23.1 Å². The molecule has 182 valence electrons. The molecule has 0 fully saturated rings. The van der Waals surface area contributed by atoms with Gasteiger partial charge in [0.15, 0.2) is 0 Å². The zero-order chi connectivity index (χ0) is 25.0. The molecule has 3 rings (SSSR count). The van der Waals surface area contributed by atoms with Gasteiger partial charge in [-0.1, -0.05) is 39.0 Å². The third-order valence-electron chi connectivity index (χ3n) is 5.56. The van der Waals surface area contributed by atoms with Crippen molar-refractivity contribution in [3.63, 3.8) is 0 Å². The highest BCUT2D eigenvalue weighted by Gasteiger charge is 2.30. The predicted octanol–water partition coefficient (Wildman–Crippen LogP) is 8.17. The summed E-state index contributed by atoms with van der Waals surface area (Å²) in [5, 5.41) is 9.64. The molecule has 3 nitrogen and oxygen atoms in total. The number of aliphatic carboxylic acids is 1. The van der Waals surface area contributed by atoms with E-state index in [9.17, 15) is 18.0 Å². The summed E-state index contributed by atoms with van der Waals surface area (Å²) in [5.41, 5.74) is 3.16. The molecule has 0 saturated carbocycles. The van der Waals surface area contributed by atoms with E-state index in [4.69, 9.17) is 10.1 Å². The molecule has 0 aliphatic rings. The Bertz CT molecular complexity index is 1140. The lowest BCUT2D eigenvalue weighted by Crippen LogP contribution is -2.03. The molecule has 0 amide bonds. The molecular weight excluding hydrogens is 479 g/mol. The van der Waals surface area contributed by atoms with Crippen molar-refractivity contribution >= 4 is 29.1 Å². The SMILES string of the molecule is Cc1cc(SC[C@H](C)c2sc(-c3ccc(C(F)(F)F)cc3)nc2C(C)C)ccc1CCC(=O)O. The third-order valence-corrected chi connectivity index (χ3v) is 8.16. The largest absolute Gasteiger partial charge is 0.481 e. The van der Waals surface area contributed by atoms with Crippen LogP contribution >= 0.6 is 23.1 Å². The smallest absolute Gasteiger partial charge is 0.416 e. The Balaban J connectivity index is 1.74. The molecule has 0 aliphatic heterocycles. The van der Waals surface area contributed by atoms with E-state index in [0.29, 0.717) is 12.0 Å². The van der Waals surface area contributed by atoms with Gasteiger partial charge in [-0.3, -0.25) is 4.79 Å². The maximum atomic E-state index is 12.9. The van der Waals surface area contributed by atoms with Crippen LogP contribution in [0.15, 0.2) is 47.4 Å². The second-order valence-electron chi connectivity index (χ2n) is 8.69. The van der Waals surface area contributed by atoms with E-state index in [-0.39, 0.29) is 18.3 Å². The first-order chi connectivity index (χ1) is 16.0. The molecule has 1 N–H and O–H groups in total. The van der Waals surface area contributed by atoms with Gasteiger partial charge in [-0.2, -0.15) is 13.2 Å². The maximum Gasteiger partial charge on any atom is 0.416 e. The third kappa shape index (κ3) is 6.63. The van der Waals surface area contributed by atoms with Crippen LogP contribution in [0.25, 0.3) is 10.6 Å². The summed E-state index contributed by atoms with van der Waals surface area (Å²) in [6.45, 7) is 8.31. The number of alkyl halides is 3. The Morgan fingerprint density at radius 2 is 1.79 bits per heavy atom. The Kier molecular flexibility index (Phi) is 8.47. The fourth-order valence-corrected chi connectivity index (χ4v) is 6.03. The number of carboxylic acids is 1. The summed E-state index contributed by atoms with van der Waals surface area (Å²) in [5.74, 6) is 0.461. The lowest BCUT2D eigenvalue weighted by Gasteiger charge is -2.14. The highest BCUT2D eigenvalue weighted by molar-refractivity contribution is 7.99. The Hall–Kier alpha value is -2.32. The molecule has 0 radical (unpaired) electrons. The highest BCUT2D eigenvalue weighted by atomic mass is 32.2. The number of hydrogen-bond donors (Lipinski definition) is 1. The van der Waals surface area contributed by atoms with Crippen LogP contribution in [0.4, 0.5) is 13.2 Å². The van der Waals surface area contributed by atoms with Crippen molar-refractivity contribution in [1.29, 1.82) is 0 Å². The van der Waals surface area contributed by atoms with E-state index < -0.39 is 17.7 Å².